The van der Waals surface area contributed by atoms with Gasteiger partial charge in [0.1, 0.15) is 6.61 Å². The zero-order valence-corrected chi connectivity index (χ0v) is 18.6. The predicted octanol–water partition coefficient (Wildman–Crippen LogP) is 4.20. The van der Waals surface area contributed by atoms with E-state index in [0.29, 0.717) is 24.2 Å². The summed E-state index contributed by atoms with van der Waals surface area (Å²) in [6.07, 6.45) is 3.27. The Balaban J connectivity index is 2.07. The third-order valence-electron chi connectivity index (χ3n) is 5.43. The molecule has 0 aromatic heterocycles. The number of ether oxygens (including phenoxy) is 2. The first-order valence-electron chi connectivity index (χ1n) is 9.81. The lowest BCUT2D eigenvalue weighted by Gasteiger charge is -2.39. The highest BCUT2D eigenvalue weighted by Gasteiger charge is 2.43. The number of dihydropyridines is 1. The minimum Gasteiger partial charge on any atom is -0.460 e. The molecule has 0 radical (unpaired) electrons. The molecule has 0 saturated carbocycles. The standard InChI is InChI=1S/C23H29NO4S/c1-14-19(22(26)28-11-10-27-4)20(15-6-8-16(29-5)9-7-15)21-17(24-14)12-23(2,3)13-18(21)25/h6-9,20,24H,10-13H2,1-5H3/t20-/m0/s1. The van der Waals surface area contributed by atoms with Gasteiger partial charge in [-0.05, 0) is 42.7 Å². The van der Waals surface area contributed by atoms with Crippen LogP contribution in [0.5, 0.6) is 0 Å². The van der Waals surface area contributed by atoms with Crippen molar-refractivity contribution in [2.75, 3.05) is 26.6 Å². The second-order valence-corrected chi connectivity index (χ2v) is 9.21. The Morgan fingerprint density at radius 3 is 2.52 bits per heavy atom. The first kappa shape index (κ1) is 21.7. The van der Waals surface area contributed by atoms with Gasteiger partial charge in [0.25, 0.3) is 0 Å². The molecular weight excluding hydrogens is 386 g/mol. The molecule has 5 nitrogen and oxygen atoms in total. The third-order valence-corrected chi connectivity index (χ3v) is 6.17. The Morgan fingerprint density at radius 1 is 1.21 bits per heavy atom. The van der Waals surface area contributed by atoms with E-state index in [4.69, 9.17) is 9.47 Å². The van der Waals surface area contributed by atoms with Gasteiger partial charge in [-0.3, -0.25) is 4.79 Å². The van der Waals surface area contributed by atoms with Gasteiger partial charge in [-0.15, -0.1) is 11.8 Å². The van der Waals surface area contributed by atoms with Gasteiger partial charge in [-0.2, -0.15) is 0 Å². The van der Waals surface area contributed by atoms with Crippen molar-refractivity contribution in [1.29, 1.82) is 0 Å². The highest BCUT2D eigenvalue weighted by Crippen LogP contribution is 2.46. The number of carbonyl (C=O) groups is 2. The molecule has 29 heavy (non-hydrogen) atoms. The van der Waals surface area contributed by atoms with Crippen LogP contribution in [0.4, 0.5) is 0 Å². The second-order valence-electron chi connectivity index (χ2n) is 8.33. The molecule has 1 aliphatic carbocycles. The molecule has 0 spiro atoms. The fraction of sp³-hybridized carbons (Fsp3) is 0.478. The predicted molar refractivity (Wildman–Crippen MR) is 115 cm³/mol. The van der Waals surface area contributed by atoms with Gasteiger partial charge in [0, 0.05) is 41.3 Å². The highest BCUT2D eigenvalue weighted by atomic mass is 32.2. The van der Waals surface area contributed by atoms with Crippen LogP contribution in [-0.4, -0.2) is 38.3 Å². The lowest BCUT2D eigenvalue weighted by molar-refractivity contribution is -0.140. The van der Waals surface area contributed by atoms with Gasteiger partial charge in [-0.1, -0.05) is 26.0 Å². The number of benzene rings is 1. The van der Waals surface area contributed by atoms with Crippen LogP contribution < -0.4 is 5.32 Å². The zero-order chi connectivity index (χ0) is 21.2. The molecule has 0 amide bonds. The van der Waals surface area contributed by atoms with Gasteiger partial charge >= 0.3 is 5.97 Å². The highest BCUT2D eigenvalue weighted by molar-refractivity contribution is 7.98. The molecule has 156 valence electrons. The summed E-state index contributed by atoms with van der Waals surface area (Å²) in [7, 11) is 1.57. The van der Waals surface area contributed by atoms with Gasteiger partial charge < -0.3 is 14.8 Å². The molecule has 0 unspecified atom stereocenters. The molecule has 1 N–H and O–H groups in total. The van der Waals surface area contributed by atoms with Crippen LogP contribution in [0.3, 0.4) is 0 Å². The molecular formula is C23H29NO4S. The quantitative estimate of drug-likeness (QED) is 0.427. The number of ketones is 1. The third kappa shape index (κ3) is 4.59. The fourth-order valence-electron chi connectivity index (χ4n) is 4.13. The Labute approximate surface area is 176 Å². The molecule has 1 aromatic carbocycles. The van der Waals surface area contributed by atoms with Gasteiger partial charge in [-0.25, -0.2) is 4.79 Å². The fourth-order valence-corrected chi connectivity index (χ4v) is 4.54. The van der Waals surface area contributed by atoms with Crippen molar-refractivity contribution in [3.05, 3.63) is 52.4 Å². The maximum absolute atomic E-state index is 13.2. The maximum Gasteiger partial charge on any atom is 0.336 e. The number of carbonyl (C=O) groups excluding carboxylic acids is 2. The summed E-state index contributed by atoms with van der Waals surface area (Å²) in [6, 6.07) is 8.08. The minimum absolute atomic E-state index is 0.0948. The number of esters is 1. The van der Waals surface area contributed by atoms with E-state index in [0.717, 1.165) is 28.3 Å². The van der Waals surface area contributed by atoms with E-state index < -0.39 is 11.9 Å². The molecule has 1 aromatic rings. The number of nitrogens with one attached hydrogen (secondary N) is 1. The van der Waals surface area contributed by atoms with E-state index in [1.807, 2.05) is 37.4 Å². The summed E-state index contributed by atoms with van der Waals surface area (Å²) in [4.78, 5) is 27.3. The van der Waals surface area contributed by atoms with Crippen molar-refractivity contribution in [2.45, 2.75) is 44.4 Å². The number of rotatable bonds is 6. The Morgan fingerprint density at radius 2 is 1.90 bits per heavy atom. The molecule has 1 heterocycles. The molecule has 0 saturated heterocycles. The normalized spacial score (nSPS) is 21.0. The topological polar surface area (TPSA) is 64.6 Å². The van der Waals surface area contributed by atoms with E-state index in [2.05, 4.69) is 19.2 Å². The lowest BCUT2D eigenvalue weighted by Crippen LogP contribution is -2.38. The minimum atomic E-state index is -0.416. The lowest BCUT2D eigenvalue weighted by atomic mass is 9.68. The van der Waals surface area contributed by atoms with Crippen LogP contribution in [0.2, 0.25) is 0 Å². The van der Waals surface area contributed by atoms with Crippen molar-refractivity contribution in [3.63, 3.8) is 0 Å². The van der Waals surface area contributed by atoms with E-state index in [1.54, 1.807) is 18.9 Å². The number of hydrogen-bond acceptors (Lipinski definition) is 6. The summed E-state index contributed by atoms with van der Waals surface area (Å²) >= 11 is 1.66. The van der Waals surface area contributed by atoms with Crippen LogP contribution in [0, 0.1) is 5.41 Å². The number of methoxy groups -OCH3 is 1. The van der Waals surface area contributed by atoms with E-state index in [1.165, 1.54) is 0 Å². The van der Waals surface area contributed by atoms with E-state index >= 15 is 0 Å². The molecule has 6 heteroatoms. The van der Waals surface area contributed by atoms with Crippen molar-refractivity contribution < 1.29 is 19.1 Å². The molecule has 0 bridgehead atoms. The SMILES string of the molecule is COCCOC(=O)C1=C(C)NC2=C(C(=O)CC(C)(C)C2)[C@H]1c1ccc(SC)cc1. The van der Waals surface area contributed by atoms with Gasteiger partial charge in [0.2, 0.25) is 0 Å². The average Bonchev–Trinajstić information content (AvgIpc) is 2.66. The maximum atomic E-state index is 13.2. The van der Waals surface area contributed by atoms with E-state index in [-0.39, 0.29) is 17.8 Å². The summed E-state index contributed by atoms with van der Waals surface area (Å²) in [5.41, 5.74) is 3.71. The monoisotopic (exact) mass is 415 g/mol. The molecule has 1 atom stereocenters. The van der Waals surface area contributed by atoms with Crippen LogP contribution >= 0.6 is 11.8 Å². The number of thioether (sulfide) groups is 1. The zero-order valence-electron chi connectivity index (χ0n) is 17.8. The Kier molecular flexibility index (Phi) is 6.54. The van der Waals surface area contributed by atoms with E-state index in [9.17, 15) is 9.59 Å². The van der Waals surface area contributed by atoms with Crippen molar-refractivity contribution in [3.8, 4) is 0 Å². The van der Waals surface area contributed by atoms with Gasteiger partial charge in [0.05, 0.1) is 12.2 Å². The molecule has 3 rings (SSSR count). The van der Waals surface area contributed by atoms with Crippen molar-refractivity contribution in [1.82, 2.24) is 5.32 Å². The van der Waals surface area contributed by atoms with Crippen LogP contribution in [0.15, 0.2) is 51.7 Å². The number of hydrogen-bond donors (Lipinski definition) is 1. The molecule has 1 aliphatic heterocycles. The summed E-state index contributed by atoms with van der Waals surface area (Å²) in [5, 5.41) is 3.35. The smallest absolute Gasteiger partial charge is 0.336 e. The first-order valence-corrected chi connectivity index (χ1v) is 11.0. The molecule has 0 fully saturated rings. The van der Waals surface area contributed by atoms with Gasteiger partial charge in [0.15, 0.2) is 5.78 Å². The van der Waals surface area contributed by atoms with Crippen LogP contribution in [0.1, 0.15) is 45.1 Å². The Bertz CT molecular complexity index is 867. The second kappa shape index (κ2) is 8.76. The van der Waals surface area contributed by atoms with Crippen molar-refractivity contribution >= 4 is 23.5 Å². The first-order chi connectivity index (χ1) is 13.8. The summed E-state index contributed by atoms with van der Waals surface area (Å²) in [5.74, 6) is -0.728. The van der Waals surface area contributed by atoms with Crippen LogP contribution in [0.25, 0.3) is 0 Å². The molecule has 2 aliphatic rings. The number of allylic oxidation sites excluding steroid dienone is 3. The Hall–Kier alpha value is -2.05. The van der Waals surface area contributed by atoms with Crippen molar-refractivity contribution in [2.24, 2.45) is 5.41 Å². The summed E-state index contributed by atoms with van der Waals surface area (Å²) < 4.78 is 10.4. The van der Waals surface area contributed by atoms with Crippen LogP contribution in [-0.2, 0) is 19.1 Å². The summed E-state index contributed by atoms with van der Waals surface area (Å²) in [6.45, 7) is 6.60. The number of Topliss-reactive ketones (excluding diaryl/α,β-unsaturated/α-hetero) is 1. The largest absolute Gasteiger partial charge is 0.460 e. The average molecular weight is 416 g/mol.